The summed E-state index contributed by atoms with van der Waals surface area (Å²) < 4.78 is 4.98. The van der Waals surface area contributed by atoms with Crippen molar-refractivity contribution in [3.05, 3.63) is 0 Å². The van der Waals surface area contributed by atoms with Crippen molar-refractivity contribution in [2.45, 2.75) is 32.7 Å². The minimum absolute atomic E-state index is 0.550. The van der Waals surface area contributed by atoms with Gasteiger partial charge in [-0.1, -0.05) is 13.8 Å². The van der Waals surface area contributed by atoms with Crippen LogP contribution < -0.4 is 5.32 Å². The van der Waals surface area contributed by atoms with Gasteiger partial charge in [-0.3, -0.25) is 0 Å². The zero-order chi connectivity index (χ0) is 10.1. The first-order chi connectivity index (χ1) is 6.22. The monoisotopic (exact) mass is 207 g/mol. The Morgan fingerprint density at radius 3 is 2.54 bits per heavy atom. The van der Waals surface area contributed by atoms with Gasteiger partial charge in [-0.2, -0.15) is 0 Å². The number of ether oxygens (including phenoxy) is 1. The molecule has 0 aliphatic rings. The maximum absolute atomic E-state index is 5.72. The lowest BCUT2D eigenvalue weighted by Crippen LogP contribution is -2.35. The van der Waals surface area contributed by atoms with Crippen molar-refractivity contribution < 1.29 is 4.74 Å². The van der Waals surface area contributed by atoms with Crippen LogP contribution in [0.3, 0.4) is 0 Å². The number of rotatable bonds is 8. The van der Waals surface area contributed by atoms with Crippen molar-refractivity contribution in [3.8, 4) is 0 Å². The van der Waals surface area contributed by atoms with Gasteiger partial charge in [0.2, 0.25) is 0 Å². The normalized spacial score (nSPS) is 13.6. The van der Waals surface area contributed by atoms with Crippen LogP contribution in [-0.4, -0.2) is 32.2 Å². The van der Waals surface area contributed by atoms with Crippen molar-refractivity contribution in [3.63, 3.8) is 0 Å². The van der Waals surface area contributed by atoms with Gasteiger partial charge in [-0.15, -0.1) is 11.6 Å². The molecule has 0 saturated carbocycles. The van der Waals surface area contributed by atoms with Crippen LogP contribution in [0, 0.1) is 5.92 Å². The highest BCUT2D eigenvalue weighted by atomic mass is 35.5. The lowest BCUT2D eigenvalue weighted by Gasteiger charge is -2.21. The number of alkyl halides is 1. The van der Waals surface area contributed by atoms with Gasteiger partial charge >= 0.3 is 0 Å². The summed E-state index contributed by atoms with van der Waals surface area (Å²) >= 11 is 5.72. The summed E-state index contributed by atoms with van der Waals surface area (Å²) in [5, 5.41) is 3.49. The molecule has 0 saturated heterocycles. The van der Waals surface area contributed by atoms with E-state index in [1.807, 2.05) is 0 Å². The van der Waals surface area contributed by atoms with E-state index in [0.29, 0.717) is 12.0 Å². The Kier molecular flexibility index (Phi) is 8.93. The Bertz CT molecular complexity index is 109. The highest BCUT2D eigenvalue weighted by molar-refractivity contribution is 6.17. The number of methoxy groups -OCH3 is 1. The van der Waals surface area contributed by atoms with E-state index in [-0.39, 0.29) is 0 Å². The van der Waals surface area contributed by atoms with E-state index in [1.165, 1.54) is 0 Å². The topological polar surface area (TPSA) is 21.3 Å². The fraction of sp³-hybridized carbons (Fsp3) is 1.00. The second kappa shape index (κ2) is 8.79. The van der Waals surface area contributed by atoms with E-state index >= 15 is 0 Å². The SMILES string of the molecule is COCCCNC(CCCl)C(C)C. The number of nitrogens with one attached hydrogen (secondary N) is 1. The molecular weight excluding hydrogens is 186 g/mol. The van der Waals surface area contributed by atoms with Crippen LogP contribution in [0.15, 0.2) is 0 Å². The van der Waals surface area contributed by atoms with Crippen molar-refractivity contribution in [2.24, 2.45) is 5.92 Å². The fourth-order valence-electron chi connectivity index (χ4n) is 1.29. The first kappa shape index (κ1) is 13.2. The third-order valence-electron chi connectivity index (χ3n) is 2.16. The van der Waals surface area contributed by atoms with E-state index in [1.54, 1.807) is 7.11 Å². The average molecular weight is 208 g/mol. The van der Waals surface area contributed by atoms with Crippen LogP contribution in [0.2, 0.25) is 0 Å². The quantitative estimate of drug-likeness (QED) is 0.487. The second-order valence-corrected chi connectivity index (χ2v) is 4.01. The summed E-state index contributed by atoms with van der Waals surface area (Å²) in [4.78, 5) is 0. The Morgan fingerprint density at radius 2 is 2.08 bits per heavy atom. The van der Waals surface area contributed by atoms with Gasteiger partial charge in [0.1, 0.15) is 0 Å². The van der Waals surface area contributed by atoms with E-state index in [2.05, 4.69) is 19.2 Å². The first-order valence-corrected chi connectivity index (χ1v) is 5.54. The minimum Gasteiger partial charge on any atom is -0.385 e. The standard InChI is InChI=1S/C10H22ClNO/c1-9(2)10(5-6-11)12-7-4-8-13-3/h9-10,12H,4-8H2,1-3H3. The van der Waals surface area contributed by atoms with Crippen LogP contribution in [0.25, 0.3) is 0 Å². The van der Waals surface area contributed by atoms with Crippen LogP contribution in [0.5, 0.6) is 0 Å². The molecule has 0 radical (unpaired) electrons. The summed E-state index contributed by atoms with van der Waals surface area (Å²) in [5.74, 6) is 1.39. The molecule has 0 heterocycles. The lowest BCUT2D eigenvalue weighted by molar-refractivity contribution is 0.192. The van der Waals surface area contributed by atoms with Gasteiger partial charge in [0, 0.05) is 25.6 Å². The van der Waals surface area contributed by atoms with Gasteiger partial charge in [0.05, 0.1) is 0 Å². The molecule has 1 N–H and O–H groups in total. The van der Waals surface area contributed by atoms with Gasteiger partial charge in [-0.25, -0.2) is 0 Å². The van der Waals surface area contributed by atoms with Crippen LogP contribution in [0.4, 0.5) is 0 Å². The minimum atomic E-state index is 0.550. The lowest BCUT2D eigenvalue weighted by atomic mass is 10.0. The van der Waals surface area contributed by atoms with Gasteiger partial charge in [-0.05, 0) is 25.3 Å². The molecular formula is C10H22ClNO. The van der Waals surface area contributed by atoms with Crippen molar-refractivity contribution in [1.29, 1.82) is 0 Å². The maximum Gasteiger partial charge on any atom is 0.0474 e. The Balaban J connectivity index is 3.45. The molecule has 13 heavy (non-hydrogen) atoms. The predicted octanol–water partition coefficient (Wildman–Crippen LogP) is 2.27. The van der Waals surface area contributed by atoms with Gasteiger partial charge in [0.25, 0.3) is 0 Å². The summed E-state index contributed by atoms with van der Waals surface area (Å²) in [6.07, 6.45) is 2.12. The molecule has 0 spiro atoms. The maximum atomic E-state index is 5.72. The molecule has 0 aliphatic heterocycles. The Morgan fingerprint density at radius 1 is 1.38 bits per heavy atom. The molecule has 1 unspecified atom stereocenters. The zero-order valence-electron chi connectivity index (χ0n) is 8.98. The van der Waals surface area contributed by atoms with E-state index in [9.17, 15) is 0 Å². The van der Waals surface area contributed by atoms with Crippen molar-refractivity contribution in [1.82, 2.24) is 5.32 Å². The van der Waals surface area contributed by atoms with Crippen LogP contribution >= 0.6 is 11.6 Å². The second-order valence-electron chi connectivity index (χ2n) is 3.63. The predicted molar refractivity (Wildman–Crippen MR) is 58.5 cm³/mol. The van der Waals surface area contributed by atoms with Crippen molar-refractivity contribution in [2.75, 3.05) is 26.1 Å². The molecule has 3 heteroatoms. The van der Waals surface area contributed by atoms with Crippen LogP contribution in [0.1, 0.15) is 26.7 Å². The summed E-state index contributed by atoms with van der Waals surface area (Å²) in [6.45, 7) is 6.30. The molecule has 0 aromatic heterocycles. The van der Waals surface area contributed by atoms with Gasteiger partial charge in [0.15, 0.2) is 0 Å². The number of hydrogen-bond donors (Lipinski definition) is 1. The highest BCUT2D eigenvalue weighted by Gasteiger charge is 2.10. The van der Waals surface area contributed by atoms with Crippen LogP contribution in [-0.2, 0) is 4.74 Å². The van der Waals surface area contributed by atoms with E-state index in [4.69, 9.17) is 16.3 Å². The molecule has 0 bridgehead atoms. The van der Waals surface area contributed by atoms with E-state index in [0.717, 1.165) is 31.9 Å². The molecule has 0 fully saturated rings. The molecule has 80 valence electrons. The summed E-state index contributed by atoms with van der Waals surface area (Å²) in [5.41, 5.74) is 0. The molecule has 1 atom stereocenters. The Hall–Kier alpha value is 0.210. The molecule has 0 aliphatic carbocycles. The third kappa shape index (κ3) is 7.29. The molecule has 0 aromatic rings. The zero-order valence-corrected chi connectivity index (χ0v) is 9.73. The molecule has 0 amide bonds. The van der Waals surface area contributed by atoms with Crippen molar-refractivity contribution >= 4 is 11.6 Å². The fourth-order valence-corrected chi connectivity index (χ4v) is 1.53. The van der Waals surface area contributed by atoms with E-state index < -0.39 is 0 Å². The Labute approximate surface area is 87.0 Å². The number of halogens is 1. The average Bonchev–Trinajstić information content (AvgIpc) is 2.10. The largest absolute Gasteiger partial charge is 0.385 e. The molecule has 2 nitrogen and oxygen atoms in total. The van der Waals surface area contributed by atoms with Gasteiger partial charge < -0.3 is 10.1 Å². The first-order valence-electron chi connectivity index (χ1n) is 5.00. The molecule has 0 rings (SSSR count). The third-order valence-corrected chi connectivity index (χ3v) is 2.37. The molecule has 0 aromatic carbocycles. The number of hydrogen-bond acceptors (Lipinski definition) is 2. The summed E-state index contributed by atoms with van der Waals surface area (Å²) in [6, 6.07) is 0.550. The smallest absolute Gasteiger partial charge is 0.0474 e. The highest BCUT2D eigenvalue weighted by Crippen LogP contribution is 2.06. The summed E-state index contributed by atoms with van der Waals surface area (Å²) in [7, 11) is 1.73.